The van der Waals surface area contributed by atoms with Gasteiger partial charge in [0.25, 0.3) is 0 Å². The lowest BCUT2D eigenvalue weighted by Gasteiger charge is -2.61. The Morgan fingerprint density at radius 1 is 1.11 bits per heavy atom. The van der Waals surface area contributed by atoms with Gasteiger partial charge in [-0.2, -0.15) is 0 Å². The second-order valence-corrected chi connectivity index (χ2v) is 14.8. The van der Waals surface area contributed by atoms with Crippen molar-refractivity contribution in [3.05, 3.63) is 0 Å². The molecule has 9 atom stereocenters. The number of aliphatic hydroxyl groups is 1. The molecule has 0 radical (unpaired) electrons. The number of piperidine rings is 1. The van der Waals surface area contributed by atoms with Gasteiger partial charge in [-0.05, 0) is 113 Å². The van der Waals surface area contributed by atoms with E-state index in [1.54, 1.807) is 0 Å². The molecule has 0 aromatic carbocycles. The lowest BCUT2D eigenvalue weighted by Crippen LogP contribution is -2.61. The van der Waals surface area contributed by atoms with E-state index in [2.05, 4.69) is 26.1 Å². The maximum Gasteiger partial charge on any atom is 0.306 e. The Morgan fingerprint density at radius 2 is 1.82 bits per heavy atom. The predicted octanol–water partition coefficient (Wildman–Crippen LogP) is 5.10. The normalized spacial score (nSPS) is 42.7. The number of nitrogens with one attached hydrogen (secondary N) is 1. The van der Waals surface area contributed by atoms with Gasteiger partial charge in [-0.25, -0.2) is 0 Å². The van der Waals surface area contributed by atoms with Gasteiger partial charge in [-0.15, -0.1) is 0 Å². The van der Waals surface area contributed by atoms with Gasteiger partial charge in [0.1, 0.15) is 17.2 Å². The van der Waals surface area contributed by atoms with Crippen molar-refractivity contribution in [2.24, 2.45) is 52.3 Å². The molecular formula is C32H51NO5. The fourth-order valence-electron chi connectivity index (χ4n) is 10.2. The number of esters is 1. The lowest BCUT2D eigenvalue weighted by molar-refractivity contribution is -0.177. The van der Waals surface area contributed by atoms with Gasteiger partial charge < -0.3 is 15.2 Å². The summed E-state index contributed by atoms with van der Waals surface area (Å²) in [5.41, 5.74) is -0.910. The molecule has 0 aromatic heterocycles. The van der Waals surface area contributed by atoms with Crippen molar-refractivity contribution in [3.8, 4) is 0 Å². The molecule has 0 spiro atoms. The average molecular weight is 530 g/mol. The maximum absolute atomic E-state index is 14.0. The van der Waals surface area contributed by atoms with Crippen molar-refractivity contribution in [3.63, 3.8) is 0 Å². The van der Waals surface area contributed by atoms with E-state index in [9.17, 15) is 19.5 Å². The molecular weight excluding hydrogens is 478 g/mol. The number of hydrogen-bond donors (Lipinski definition) is 2. The Balaban J connectivity index is 1.25. The van der Waals surface area contributed by atoms with E-state index in [0.717, 1.165) is 51.6 Å². The first-order valence-electron chi connectivity index (χ1n) is 15.5. The van der Waals surface area contributed by atoms with Crippen molar-refractivity contribution in [2.45, 2.75) is 117 Å². The lowest BCUT2D eigenvalue weighted by atomic mass is 9.43. The van der Waals surface area contributed by atoms with Crippen molar-refractivity contribution in [1.29, 1.82) is 0 Å². The number of carbonyl (C=O) groups is 3. The van der Waals surface area contributed by atoms with E-state index < -0.39 is 17.1 Å². The zero-order valence-corrected chi connectivity index (χ0v) is 24.4. The summed E-state index contributed by atoms with van der Waals surface area (Å²) >= 11 is 0. The highest BCUT2D eigenvalue weighted by Crippen LogP contribution is 2.67. The molecule has 214 valence electrons. The Hall–Kier alpha value is -1.27. The summed E-state index contributed by atoms with van der Waals surface area (Å²) in [4.78, 5) is 39.1. The minimum absolute atomic E-state index is 0.0243. The smallest absolute Gasteiger partial charge is 0.306 e. The zero-order valence-electron chi connectivity index (χ0n) is 24.4. The van der Waals surface area contributed by atoms with Gasteiger partial charge in [0.2, 0.25) is 0 Å². The van der Waals surface area contributed by atoms with E-state index in [0.29, 0.717) is 49.6 Å². The number of ketones is 2. The molecule has 5 fully saturated rings. The first-order valence-corrected chi connectivity index (χ1v) is 15.5. The average Bonchev–Trinajstić information content (AvgIpc) is 3.23. The molecule has 4 aliphatic carbocycles. The Kier molecular flexibility index (Phi) is 7.65. The number of fused-ring (bicyclic) bond motifs is 5. The van der Waals surface area contributed by atoms with Crippen molar-refractivity contribution in [1.82, 2.24) is 5.32 Å². The van der Waals surface area contributed by atoms with Crippen LogP contribution in [0.15, 0.2) is 0 Å². The third kappa shape index (κ3) is 4.70. The van der Waals surface area contributed by atoms with Crippen LogP contribution in [0.3, 0.4) is 0 Å². The molecule has 0 aromatic rings. The first kappa shape index (κ1) is 28.3. The van der Waals surface area contributed by atoms with E-state index >= 15 is 0 Å². The molecule has 1 unspecified atom stereocenters. The summed E-state index contributed by atoms with van der Waals surface area (Å²) in [6.45, 7) is 12.7. The Bertz CT molecular complexity index is 940. The van der Waals surface area contributed by atoms with Crippen molar-refractivity contribution >= 4 is 17.5 Å². The summed E-state index contributed by atoms with van der Waals surface area (Å²) in [6.07, 6.45) is 8.00. The fraction of sp³-hybridized carbons (Fsp3) is 0.906. The number of aliphatic hydroxyl groups excluding tert-OH is 1. The number of rotatable bonds is 6. The van der Waals surface area contributed by atoms with Crippen LogP contribution in [-0.4, -0.2) is 47.4 Å². The summed E-state index contributed by atoms with van der Waals surface area (Å²) < 4.78 is 6.01. The number of Topliss-reactive ketones (excluding diaryl/α,β-unsaturated/α-hetero) is 2. The number of hydrogen-bond acceptors (Lipinski definition) is 6. The Morgan fingerprint density at radius 3 is 2.53 bits per heavy atom. The highest BCUT2D eigenvalue weighted by atomic mass is 16.6. The summed E-state index contributed by atoms with van der Waals surface area (Å²) in [5.74, 6) is 2.13. The van der Waals surface area contributed by atoms with Gasteiger partial charge in [0, 0.05) is 37.0 Å². The fourth-order valence-corrected chi connectivity index (χ4v) is 10.2. The SMILES string of the molecule is C[C@H](CCC(=O)OC(C)(C)C1CCNCC1)[C@H]1CC[C@H]2[C@@H]3C(O)C[C@@H]4CC(=O)CC[C@]4(C)[C@H]3CC(=O)[C@]12C. The molecule has 5 rings (SSSR count). The van der Waals surface area contributed by atoms with Gasteiger partial charge in [-0.3, -0.25) is 14.4 Å². The minimum Gasteiger partial charge on any atom is -0.459 e. The molecule has 0 bridgehead atoms. The van der Waals surface area contributed by atoms with Crippen LogP contribution in [0, 0.1) is 52.3 Å². The van der Waals surface area contributed by atoms with Crippen LogP contribution in [0.4, 0.5) is 0 Å². The molecule has 0 amide bonds. The first-order chi connectivity index (χ1) is 17.9. The van der Waals surface area contributed by atoms with E-state index in [1.165, 1.54) is 0 Å². The standard InChI is InChI=1S/C32H51NO5/c1-19(6-9-28(37)38-30(2,3)20-11-14-33-15-12-20)23-7-8-24-29-25(18-27(36)32(23,24)5)31(4)13-10-22(34)16-21(31)17-26(29)35/h19-21,23-26,29,33,35H,6-18H2,1-5H3/t19-,21+,23-,24+,25+,26?,29+,31+,32-/m1/s1. The number of carbonyl (C=O) groups excluding carboxylic acids is 3. The van der Waals surface area contributed by atoms with E-state index in [4.69, 9.17) is 4.74 Å². The van der Waals surface area contributed by atoms with E-state index in [-0.39, 0.29) is 46.9 Å². The van der Waals surface area contributed by atoms with Crippen molar-refractivity contribution in [2.75, 3.05) is 13.1 Å². The minimum atomic E-state index is -0.448. The molecule has 6 heteroatoms. The second-order valence-electron chi connectivity index (χ2n) is 14.8. The largest absolute Gasteiger partial charge is 0.459 e. The van der Waals surface area contributed by atoms with Gasteiger partial charge in [0.05, 0.1) is 6.10 Å². The molecule has 38 heavy (non-hydrogen) atoms. The molecule has 6 nitrogen and oxygen atoms in total. The summed E-state index contributed by atoms with van der Waals surface area (Å²) in [5, 5.41) is 14.8. The molecule has 4 saturated carbocycles. The predicted molar refractivity (Wildman–Crippen MR) is 146 cm³/mol. The third-order valence-electron chi connectivity index (χ3n) is 12.6. The van der Waals surface area contributed by atoms with Crippen LogP contribution < -0.4 is 5.32 Å². The second kappa shape index (κ2) is 10.3. The zero-order chi connectivity index (χ0) is 27.5. The van der Waals surface area contributed by atoms with Crippen LogP contribution >= 0.6 is 0 Å². The molecule has 1 aliphatic heterocycles. The van der Waals surface area contributed by atoms with Crippen molar-refractivity contribution < 1.29 is 24.2 Å². The monoisotopic (exact) mass is 529 g/mol. The van der Waals surface area contributed by atoms with Crippen LogP contribution in [0.25, 0.3) is 0 Å². The highest BCUT2D eigenvalue weighted by molar-refractivity contribution is 5.87. The van der Waals surface area contributed by atoms with Gasteiger partial charge >= 0.3 is 5.97 Å². The third-order valence-corrected chi connectivity index (χ3v) is 12.6. The maximum atomic E-state index is 14.0. The molecule has 1 heterocycles. The van der Waals surface area contributed by atoms with Crippen LogP contribution in [0.1, 0.15) is 105 Å². The molecule has 1 saturated heterocycles. The Labute approximate surface area is 229 Å². The van der Waals surface area contributed by atoms with Crippen LogP contribution in [-0.2, 0) is 19.1 Å². The van der Waals surface area contributed by atoms with E-state index in [1.807, 2.05) is 13.8 Å². The quantitative estimate of drug-likeness (QED) is 0.465. The summed E-state index contributed by atoms with van der Waals surface area (Å²) in [6, 6.07) is 0. The summed E-state index contributed by atoms with van der Waals surface area (Å²) in [7, 11) is 0. The van der Waals surface area contributed by atoms with Gasteiger partial charge in [0.15, 0.2) is 0 Å². The number of ether oxygens (including phenoxy) is 1. The topological polar surface area (TPSA) is 92.7 Å². The van der Waals surface area contributed by atoms with Gasteiger partial charge in [-0.1, -0.05) is 20.8 Å². The molecule has 2 N–H and O–H groups in total. The van der Waals surface area contributed by atoms with Crippen LogP contribution in [0.2, 0.25) is 0 Å². The molecule has 5 aliphatic rings. The van der Waals surface area contributed by atoms with Crippen LogP contribution in [0.5, 0.6) is 0 Å². The highest BCUT2D eigenvalue weighted by Gasteiger charge is 2.66.